The highest BCUT2D eigenvalue weighted by molar-refractivity contribution is 6.04. The molecule has 0 saturated carbocycles. The van der Waals surface area contributed by atoms with E-state index in [2.05, 4.69) is 30.6 Å². The maximum absolute atomic E-state index is 12.7. The molecule has 0 aliphatic rings. The molecule has 0 radical (unpaired) electrons. The van der Waals surface area contributed by atoms with E-state index in [1.165, 1.54) is 13.1 Å². The third-order valence-corrected chi connectivity index (χ3v) is 5.07. The number of pyridine rings is 2. The van der Waals surface area contributed by atoms with Crippen molar-refractivity contribution in [3.63, 3.8) is 0 Å². The van der Waals surface area contributed by atoms with E-state index in [1.807, 2.05) is 6.92 Å². The number of carbonyl (C=O) groups is 2. The van der Waals surface area contributed by atoms with Gasteiger partial charge in [-0.25, -0.2) is 15.0 Å². The summed E-state index contributed by atoms with van der Waals surface area (Å²) in [6.07, 6.45) is -0.574. The largest absolute Gasteiger partial charge is 0.433 e. The minimum Gasteiger partial charge on any atom is -0.322 e. The molecule has 11 heteroatoms. The Morgan fingerprint density at radius 1 is 0.889 bits per heavy atom. The van der Waals surface area contributed by atoms with Crippen molar-refractivity contribution in [2.75, 3.05) is 10.6 Å². The maximum Gasteiger partial charge on any atom is 0.433 e. The highest BCUT2D eigenvalue weighted by Crippen LogP contribution is 2.29. The third-order valence-electron chi connectivity index (χ3n) is 5.07. The maximum atomic E-state index is 12.7. The average molecular weight is 492 g/mol. The number of aryl methyl sites for hydroxylation is 1. The molecule has 0 bridgehead atoms. The Balaban J connectivity index is 1.59. The van der Waals surface area contributed by atoms with Gasteiger partial charge < -0.3 is 10.6 Å². The number of hydrogen-bond acceptors (Lipinski definition) is 6. The van der Waals surface area contributed by atoms with Crippen LogP contribution in [-0.4, -0.2) is 31.8 Å². The summed E-state index contributed by atoms with van der Waals surface area (Å²) in [6.45, 7) is 3.26. The molecule has 0 fully saturated rings. The van der Waals surface area contributed by atoms with Crippen LogP contribution in [0.4, 0.5) is 24.7 Å². The second-order valence-corrected chi connectivity index (χ2v) is 7.79. The van der Waals surface area contributed by atoms with Crippen molar-refractivity contribution in [3.05, 3.63) is 83.9 Å². The summed E-state index contributed by atoms with van der Waals surface area (Å²) in [5.74, 6) is -0.0774. The van der Waals surface area contributed by atoms with Gasteiger partial charge in [-0.15, -0.1) is 0 Å². The van der Waals surface area contributed by atoms with Gasteiger partial charge >= 0.3 is 6.18 Å². The molecule has 0 unspecified atom stereocenters. The standard InChI is InChI=1S/C25H19F3N6O2/c1-14-3-5-18(33-24(36)17-4-6-21(31-13-17)25(26,27)28)12-19(14)20-8-10-30-23(34-20)16-7-9-29-22(11-16)32-15(2)35/h3-13H,1-2H3,(H,33,36)(H,29,32,35). The Morgan fingerprint density at radius 3 is 2.36 bits per heavy atom. The molecule has 0 aliphatic carbocycles. The summed E-state index contributed by atoms with van der Waals surface area (Å²) >= 11 is 0. The van der Waals surface area contributed by atoms with E-state index >= 15 is 0 Å². The quantitative estimate of drug-likeness (QED) is 0.399. The number of amides is 2. The van der Waals surface area contributed by atoms with E-state index in [0.717, 1.165) is 29.5 Å². The predicted molar refractivity (Wildman–Crippen MR) is 127 cm³/mol. The Hall–Kier alpha value is -4.67. The van der Waals surface area contributed by atoms with Gasteiger partial charge in [-0.1, -0.05) is 6.07 Å². The van der Waals surface area contributed by atoms with Crippen molar-refractivity contribution in [3.8, 4) is 22.6 Å². The zero-order valence-corrected chi connectivity index (χ0v) is 19.1. The molecule has 3 heterocycles. The normalized spacial score (nSPS) is 11.1. The van der Waals surface area contributed by atoms with Crippen LogP contribution in [0.2, 0.25) is 0 Å². The van der Waals surface area contributed by atoms with Crippen molar-refractivity contribution in [1.82, 2.24) is 19.9 Å². The molecule has 0 atom stereocenters. The number of nitrogens with one attached hydrogen (secondary N) is 2. The topological polar surface area (TPSA) is 110 Å². The molecular formula is C25H19F3N6O2. The summed E-state index contributed by atoms with van der Waals surface area (Å²) in [5, 5.41) is 5.29. The molecule has 36 heavy (non-hydrogen) atoms. The Labute approximate surface area is 203 Å². The van der Waals surface area contributed by atoms with Gasteiger partial charge in [0, 0.05) is 42.3 Å². The Kier molecular flexibility index (Phi) is 6.73. The number of anilines is 2. The van der Waals surface area contributed by atoms with Crippen LogP contribution < -0.4 is 10.6 Å². The second kappa shape index (κ2) is 9.90. The van der Waals surface area contributed by atoms with Crippen LogP contribution in [0.25, 0.3) is 22.6 Å². The van der Waals surface area contributed by atoms with Gasteiger partial charge in [-0.3, -0.25) is 14.6 Å². The number of alkyl halides is 3. The van der Waals surface area contributed by atoms with E-state index in [9.17, 15) is 22.8 Å². The van der Waals surface area contributed by atoms with Gasteiger partial charge in [0.2, 0.25) is 5.91 Å². The van der Waals surface area contributed by atoms with Crippen LogP contribution in [0.15, 0.2) is 67.1 Å². The van der Waals surface area contributed by atoms with E-state index in [4.69, 9.17) is 0 Å². The summed E-state index contributed by atoms with van der Waals surface area (Å²) in [7, 11) is 0. The van der Waals surface area contributed by atoms with Crippen molar-refractivity contribution in [2.24, 2.45) is 0 Å². The number of hydrogen-bond donors (Lipinski definition) is 2. The molecule has 0 saturated heterocycles. The fourth-order valence-corrected chi connectivity index (χ4v) is 3.34. The van der Waals surface area contributed by atoms with Gasteiger partial charge in [0.1, 0.15) is 11.5 Å². The molecule has 4 aromatic rings. The minimum atomic E-state index is -4.58. The lowest BCUT2D eigenvalue weighted by atomic mass is 10.0. The van der Waals surface area contributed by atoms with E-state index < -0.39 is 17.8 Å². The zero-order chi connectivity index (χ0) is 25.9. The molecular weight excluding hydrogens is 473 g/mol. The molecule has 182 valence electrons. The highest BCUT2D eigenvalue weighted by Gasteiger charge is 2.32. The first-order valence-corrected chi connectivity index (χ1v) is 10.6. The number of rotatable bonds is 5. The van der Waals surface area contributed by atoms with Crippen LogP contribution in [-0.2, 0) is 11.0 Å². The lowest BCUT2D eigenvalue weighted by Crippen LogP contribution is -2.14. The summed E-state index contributed by atoms with van der Waals surface area (Å²) in [6, 6.07) is 12.1. The van der Waals surface area contributed by atoms with E-state index in [1.54, 1.807) is 42.6 Å². The Morgan fingerprint density at radius 2 is 1.67 bits per heavy atom. The summed E-state index contributed by atoms with van der Waals surface area (Å²) in [5.41, 5.74) is 2.17. The van der Waals surface area contributed by atoms with Gasteiger partial charge in [-0.2, -0.15) is 13.2 Å². The van der Waals surface area contributed by atoms with Crippen molar-refractivity contribution in [2.45, 2.75) is 20.0 Å². The SMILES string of the molecule is CC(=O)Nc1cc(-c2nccc(-c3cc(NC(=O)c4ccc(C(F)(F)F)nc4)ccc3C)n2)ccn1. The molecule has 2 amide bonds. The number of aromatic nitrogens is 4. The number of nitrogens with zero attached hydrogens (tertiary/aromatic N) is 4. The molecule has 8 nitrogen and oxygen atoms in total. The smallest absolute Gasteiger partial charge is 0.322 e. The summed E-state index contributed by atoms with van der Waals surface area (Å²) in [4.78, 5) is 40.2. The first-order chi connectivity index (χ1) is 17.1. The Bertz CT molecular complexity index is 1440. The molecule has 0 aliphatic heterocycles. The fourth-order valence-electron chi connectivity index (χ4n) is 3.34. The lowest BCUT2D eigenvalue weighted by Gasteiger charge is -2.11. The first kappa shape index (κ1) is 24.5. The monoisotopic (exact) mass is 492 g/mol. The van der Waals surface area contributed by atoms with Crippen LogP contribution in [0.1, 0.15) is 28.5 Å². The first-order valence-electron chi connectivity index (χ1n) is 10.6. The van der Waals surface area contributed by atoms with Crippen molar-refractivity contribution in [1.29, 1.82) is 0 Å². The lowest BCUT2D eigenvalue weighted by molar-refractivity contribution is -0.141. The number of carbonyl (C=O) groups excluding carboxylic acids is 2. The molecule has 3 aromatic heterocycles. The summed E-state index contributed by atoms with van der Waals surface area (Å²) < 4.78 is 38.2. The van der Waals surface area contributed by atoms with Crippen LogP contribution in [0.3, 0.4) is 0 Å². The van der Waals surface area contributed by atoms with Gasteiger partial charge in [0.25, 0.3) is 5.91 Å². The molecule has 4 rings (SSSR count). The second-order valence-electron chi connectivity index (χ2n) is 7.79. The van der Waals surface area contributed by atoms with Crippen LogP contribution in [0.5, 0.6) is 0 Å². The average Bonchev–Trinajstić information content (AvgIpc) is 2.84. The van der Waals surface area contributed by atoms with Gasteiger partial charge in [-0.05, 0) is 55.0 Å². The van der Waals surface area contributed by atoms with Crippen LogP contribution >= 0.6 is 0 Å². The predicted octanol–water partition coefficient (Wildman–Crippen LogP) is 5.14. The van der Waals surface area contributed by atoms with Gasteiger partial charge in [0.05, 0.1) is 11.3 Å². The van der Waals surface area contributed by atoms with Gasteiger partial charge in [0.15, 0.2) is 5.82 Å². The fraction of sp³-hybridized carbons (Fsp3) is 0.120. The zero-order valence-electron chi connectivity index (χ0n) is 19.1. The van der Waals surface area contributed by atoms with Crippen molar-refractivity contribution >= 4 is 23.3 Å². The van der Waals surface area contributed by atoms with Crippen molar-refractivity contribution < 1.29 is 22.8 Å². The number of benzene rings is 1. The van der Waals surface area contributed by atoms with Crippen LogP contribution in [0, 0.1) is 6.92 Å². The molecule has 0 spiro atoms. The van der Waals surface area contributed by atoms with E-state index in [-0.39, 0.29) is 11.5 Å². The highest BCUT2D eigenvalue weighted by atomic mass is 19.4. The number of halogens is 3. The minimum absolute atomic E-state index is 0.0119. The molecule has 2 N–H and O–H groups in total. The molecule has 1 aromatic carbocycles. The van der Waals surface area contributed by atoms with E-state index in [0.29, 0.717) is 28.6 Å². The third kappa shape index (κ3) is 5.69.